The summed E-state index contributed by atoms with van der Waals surface area (Å²) in [6, 6.07) is 5.34. The van der Waals surface area contributed by atoms with E-state index in [4.69, 9.17) is 5.11 Å². The predicted octanol–water partition coefficient (Wildman–Crippen LogP) is 1.89. The summed E-state index contributed by atoms with van der Waals surface area (Å²) in [5, 5.41) is 8.92. The van der Waals surface area contributed by atoms with Gasteiger partial charge in [0.2, 0.25) is 0 Å². The SMILES string of the molecule is OCc1cnc(Cc2ccccn2)nc1C(F)F. The molecule has 2 aromatic heterocycles. The summed E-state index contributed by atoms with van der Waals surface area (Å²) in [6.07, 6.45) is 0.405. The third-order valence-corrected chi connectivity index (χ3v) is 2.39. The molecule has 0 spiro atoms. The number of aromatic nitrogens is 3. The molecule has 94 valence electrons. The van der Waals surface area contributed by atoms with E-state index in [9.17, 15) is 8.78 Å². The number of hydrogen-bond acceptors (Lipinski definition) is 4. The highest BCUT2D eigenvalue weighted by atomic mass is 19.3. The molecule has 4 nitrogen and oxygen atoms in total. The fourth-order valence-corrected chi connectivity index (χ4v) is 1.52. The molecule has 2 aromatic rings. The Bertz CT molecular complexity index is 520. The maximum Gasteiger partial charge on any atom is 0.280 e. The van der Waals surface area contributed by atoms with Gasteiger partial charge in [-0.3, -0.25) is 4.98 Å². The molecule has 0 aromatic carbocycles. The highest BCUT2D eigenvalue weighted by Crippen LogP contribution is 2.20. The summed E-state index contributed by atoms with van der Waals surface area (Å²) in [5.74, 6) is 0.265. The summed E-state index contributed by atoms with van der Waals surface area (Å²) in [7, 11) is 0. The van der Waals surface area contributed by atoms with Crippen molar-refractivity contribution in [2.75, 3.05) is 0 Å². The highest BCUT2D eigenvalue weighted by molar-refractivity contribution is 5.19. The van der Waals surface area contributed by atoms with Crippen LogP contribution in [0.25, 0.3) is 0 Å². The fourth-order valence-electron chi connectivity index (χ4n) is 1.52. The average molecular weight is 251 g/mol. The van der Waals surface area contributed by atoms with Crippen molar-refractivity contribution in [1.29, 1.82) is 0 Å². The lowest BCUT2D eigenvalue weighted by atomic mass is 10.2. The van der Waals surface area contributed by atoms with E-state index in [2.05, 4.69) is 15.0 Å². The van der Waals surface area contributed by atoms with Crippen LogP contribution in [-0.2, 0) is 13.0 Å². The molecule has 0 radical (unpaired) electrons. The minimum atomic E-state index is -2.72. The van der Waals surface area contributed by atoms with Crippen molar-refractivity contribution in [3.63, 3.8) is 0 Å². The standard InChI is InChI=1S/C12H11F2N3O/c13-12(14)11-8(7-18)6-16-10(17-11)5-9-3-1-2-4-15-9/h1-4,6,12,18H,5,7H2. The van der Waals surface area contributed by atoms with E-state index in [-0.39, 0.29) is 17.8 Å². The summed E-state index contributed by atoms with van der Waals surface area (Å²) < 4.78 is 25.4. The summed E-state index contributed by atoms with van der Waals surface area (Å²) >= 11 is 0. The van der Waals surface area contributed by atoms with Gasteiger partial charge in [-0.2, -0.15) is 0 Å². The van der Waals surface area contributed by atoms with Crippen LogP contribution in [0.5, 0.6) is 0 Å². The molecule has 0 amide bonds. The number of pyridine rings is 1. The van der Waals surface area contributed by atoms with Crippen molar-refractivity contribution in [2.24, 2.45) is 0 Å². The van der Waals surface area contributed by atoms with E-state index in [0.29, 0.717) is 5.69 Å². The van der Waals surface area contributed by atoms with Crippen LogP contribution in [0.1, 0.15) is 29.2 Å². The molecule has 0 aliphatic carbocycles. The number of nitrogens with zero attached hydrogens (tertiary/aromatic N) is 3. The first-order valence-electron chi connectivity index (χ1n) is 5.34. The smallest absolute Gasteiger partial charge is 0.280 e. The van der Waals surface area contributed by atoms with Gasteiger partial charge in [0.05, 0.1) is 13.0 Å². The Morgan fingerprint density at radius 1 is 1.22 bits per heavy atom. The largest absolute Gasteiger partial charge is 0.392 e. The molecular weight excluding hydrogens is 240 g/mol. The third-order valence-electron chi connectivity index (χ3n) is 2.39. The monoisotopic (exact) mass is 251 g/mol. The molecular formula is C12H11F2N3O. The third kappa shape index (κ3) is 2.84. The Hall–Kier alpha value is -1.95. The number of aliphatic hydroxyl groups is 1. The maximum atomic E-state index is 12.7. The van der Waals surface area contributed by atoms with Crippen LogP contribution in [-0.4, -0.2) is 20.1 Å². The van der Waals surface area contributed by atoms with Crippen LogP contribution in [0.2, 0.25) is 0 Å². The molecule has 0 aliphatic heterocycles. The van der Waals surface area contributed by atoms with Crippen LogP contribution in [0.4, 0.5) is 8.78 Å². The number of aliphatic hydroxyl groups excluding tert-OH is 1. The summed E-state index contributed by atoms with van der Waals surface area (Å²) in [5.41, 5.74) is 0.336. The van der Waals surface area contributed by atoms with E-state index < -0.39 is 18.7 Å². The minimum Gasteiger partial charge on any atom is -0.392 e. The second kappa shape index (κ2) is 5.59. The molecule has 6 heteroatoms. The topological polar surface area (TPSA) is 58.9 Å². The van der Waals surface area contributed by atoms with Crippen molar-refractivity contribution in [1.82, 2.24) is 15.0 Å². The zero-order valence-corrected chi connectivity index (χ0v) is 9.42. The lowest BCUT2D eigenvalue weighted by molar-refractivity contribution is 0.141. The Labute approximate surface area is 102 Å². The Morgan fingerprint density at radius 3 is 2.67 bits per heavy atom. The van der Waals surface area contributed by atoms with Gasteiger partial charge in [-0.15, -0.1) is 0 Å². The Kier molecular flexibility index (Phi) is 3.88. The molecule has 18 heavy (non-hydrogen) atoms. The van der Waals surface area contributed by atoms with Crippen molar-refractivity contribution >= 4 is 0 Å². The van der Waals surface area contributed by atoms with E-state index in [0.717, 1.165) is 0 Å². The van der Waals surface area contributed by atoms with Gasteiger partial charge < -0.3 is 5.11 Å². The van der Waals surface area contributed by atoms with Crippen LogP contribution >= 0.6 is 0 Å². The maximum absolute atomic E-state index is 12.7. The van der Waals surface area contributed by atoms with Gasteiger partial charge in [0.15, 0.2) is 0 Å². The van der Waals surface area contributed by atoms with Gasteiger partial charge in [-0.1, -0.05) is 6.07 Å². The minimum absolute atomic E-state index is 0.0507. The van der Waals surface area contributed by atoms with Crippen molar-refractivity contribution in [3.05, 3.63) is 53.4 Å². The quantitative estimate of drug-likeness (QED) is 0.901. The van der Waals surface area contributed by atoms with Gasteiger partial charge in [0.25, 0.3) is 6.43 Å². The first-order valence-corrected chi connectivity index (χ1v) is 5.34. The van der Waals surface area contributed by atoms with Crippen molar-refractivity contribution < 1.29 is 13.9 Å². The Balaban J connectivity index is 2.27. The fraction of sp³-hybridized carbons (Fsp3) is 0.250. The number of rotatable bonds is 4. The van der Waals surface area contributed by atoms with Crippen molar-refractivity contribution in [2.45, 2.75) is 19.5 Å². The number of halogens is 2. The zero-order chi connectivity index (χ0) is 13.0. The van der Waals surface area contributed by atoms with Crippen LogP contribution in [0.15, 0.2) is 30.6 Å². The van der Waals surface area contributed by atoms with Gasteiger partial charge in [-0.25, -0.2) is 18.7 Å². The second-order valence-corrected chi connectivity index (χ2v) is 3.65. The van der Waals surface area contributed by atoms with Crippen LogP contribution in [0, 0.1) is 0 Å². The van der Waals surface area contributed by atoms with Gasteiger partial charge >= 0.3 is 0 Å². The molecule has 0 bridgehead atoms. The van der Waals surface area contributed by atoms with Gasteiger partial charge in [0, 0.05) is 23.7 Å². The van der Waals surface area contributed by atoms with E-state index >= 15 is 0 Å². The lowest BCUT2D eigenvalue weighted by Gasteiger charge is -2.07. The Morgan fingerprint density at radius 2 is 2.06 bits per heavy atom. The van der Waals surface area contributed by atoms with E-state index in [1.165, 1.54) is 6.20 Å². The number of hydrogen-bond donors (Lipinski definition) is 1. The molecule has 0 fully saturated rings. The average Bonchev–Trinajstić information content (AvgIpc) is 2.40. The first kappa shape index (κ1) is 12.5. The molecule has 1 N–H and O–H groups in total. The van der Waals surface area contributed by atoms with E-state index in [1.807, 2.05) is 0 Å². The predicted molar refractivity (Wildman–Crippen MR) is 60.0 cm³/mol. The molecule has 0 unspecified atom stereocenters. The molecule has 0 atom stereocenters. The highest BCUT2D eigenvalue weighted by Gasteiger charge is 2.16. The summed E-state index contributed by atoms with van der Waals surface area (Å²) in [6.45, 7) is -0.496. The van der Waals surface area contributed by atoms with Crippen LogP contribution < -0.4 is 0 Å². The lowest BCUT2D eigenvalue weighted by Crippen LogP contribution is -2.06. The summed E-state index contributed by atoms with van der Waals surface area (Å²) in [4.78, 5) is 11.8. The second-order valence-electron chi connectivity index (χ2n) is 3.65. The molecule has 0 aliphatic rings. The molecule has 0 saturated heterocycles. The van der Waals surface area contributed by atoms with E-state index in [1.54, 1.807) is 24.4 Å². The zero-order valence-electron chi connectivity index (χ0n) is 9.42. The van der Waals surface area contributed by atoms with Crippen LogP contribution in [0.3, 0.4) is 0 Å². The molecule has 2 rings (SSSR count). The number of alkyl halides is 2. The normalized spacial score (nSPS) is 10.9. The first-order chi connectivity index (χ1) is 8.70. The van der Waals surface area contributed by atoms with Gasteiger partial charge in [0.1, 0.15) is 11.5 Å². The molecule has 2 heterocycles. The molecule has 0 saturated carbocycles. The van der Waals surface area contributed by atoms with Crippen molar-refractivity contribution in [3.8, 4) is 0 Å². The van der Waals surface area contributed by atoms with Gasteiger partial charge in [-0.05, 0) is 12.1 Å².